The first kappa shape index (κ1) is 12.7. The highest BCUT2D eigenvalue weighted by Crippen LogP contribution is 2.50. The number of aliphatic hydroxyl groups excluding tert-OH is 2. The van der Waals surface area contributed by atoms with E-state index in [0.29, 0.717) is 31.5 Å². The predicted molar refractivity (Wildman–Crippen MR) is 65.1 cm³/mol. The van der Waals surface area contributed by atoms with Gasteiger partial charge in [-0.3, -0.25) is 0 Å². The second-order valence-corrected chi connectivity index (χ2v) is 5.37. The van der Waals surface area contributed by atoms with Crippen LogP contribution in [0.15, 0.2) is 23.3 Å². The van der Waals surface area contributed by atoms with Crippen LogP contribution in [-0.4, -0.2) is 52.0 Å². The number of ether oxygens (including phenoxy) is 1. The molecule has 0 bridgehead atoms. The van der Waals surface area contributed by atoms with Gasteiger partial charge in [0.15, 0.2) is 12.6 Å². The molecule has 0 saturated carbocycles. The Bertz CT molecular complexity index is 462. The molecule has 3 N–H and O–H groups in total. The van der Waals surface area contributed by atoms with E-state index in [1.807, 2.05) is 6.08 Å². The Morgan fingerprint density at radius 2 is 2.00 bits per heavy atom. The van der Waals surface area contributed by atoms with Crippen molar-refractivity contribution in [2.75, 3.05) is 13.1 Å². The normalized spacial score (nSPS) is 32.8. The molecule has 6 heteroatoms. The highest BCUT2D eigenvalue weighted by atomic mass is 16.7. The summed E-state index contributed by atoms with van der Waals surface area (Å²) in [7, 11) is 0. The quantitative estimate of drug-likeness (QED) is 0.600. The van der Waals surface area contributed by atoms with Crippen LogP contribution in [0.5, 0.6) is 0 Å². The van der Waals surface area contributed by atoms with Crippen LogP contribution in [0.4, 0.5) is 4.79 Å². The smallest absolute Gasteiger partial charge is 0.407 e. The van der Waals surface area contributed by atoms with E-state index in [2.05, 4.69) is 0 Å². The van der Waals surface area contributed by atoms with Crippen LogP contribution in [0.25, 0.3) is 0 Å². The topological polar surface area (TPSA) is 90.2 Å². The average Bonchev–Trinajstić information content (AvgIpc) is 2.67. The summed E-state index contributed by atoms with van der Waals surface area (Å²) in [5, 5.41) is 28.7. The molecular formula is C13H17NO5. The van der Waals surface area contributed by atoms with E-state index in [0.717, 1.165) is 12.0 Å². The number of aliphatic hydroxyl groups is 2. The average molecular weight is 267 g/mol. The molecule has 0 radical (unpaired) electrons. The van der Waals surface area contributed by atoms with Gasteiger partial charge in [0.2, 0.25) is 0 Å². The number of rotatable bonds is 0. The van der Waals surface area contributed by atoms with Gasteiger partial charge in [-0.05, 0) is 19.3 Å². The van der Waals surface area contributed by atoms with Crippen molar-refractivity contribution in [3.63, 3.8) is 0 Å². The first-order valence-corrected chi connectivity index (χ1v) is 6.44. The molecule has 1 spiro atoms. The van der Waals surface area contributed by atoms with Gasteiger partial charge in [-0.1, -0.05) is 12.2 Å². The summed E-state index contributed by atoms with van der Waals surface area (Å²) >= 11 is 0. The third-order valence-electron chi connectivity index (χ3n) is 4.45. The number of likely N-dealkylation sites (tertiary alicyclic amines) is 1. The van der Waals surface area contributed by atoms with Gasteiger partial charge in [-0.25, -0.2) is 4.79 Å². The highest BCUT2D eigenvalue weighted by Gasteiger charge is 2.47. The largest absolute Gasteiger partial charge is 0.465 e. The fraction of sp³-hybridized carbons (Fsp3) is 0.615. The van der Waals surface area contributed by atoms with E-state index in [9.17, 15) is 15.0 Å². The van der Waals surface area contributed by atoms with E-state index in [1.165, 1.54) is 4.90 Å². The van der Waals surface area contributed by atoms with Gasteiger partial charge in [0, 0.05) is 29.7 Å². The van der Waals surface area contributed by atoms with Crippen molar-refractivity contribution in [1.82, 2.24) is 4.90 Å². The fourth-order valence-electron chi connectivity index (χ4n) is 3.40. The maximum Gasteiger partial charge on any atom is 0.407 e. The van der Waals surface area contributed by atoms with Crippen molar-refractivity contribution in [2.45, 2.75) is 31.8 Å². The van der Waals surface area contributed by atoms with Gasteiger partial charge in [0.05, 0.1) is 0 Å². The zero-order chi connectivity index (χ0) is 13.6. The van der Waals surface area contributed by atoms with Crippen molar-refractivity contribution in [2.24, 2.45) is 5.41 Å². The molecule has 2 heterocycles. The maximum absolute atomic E-state index is 11.0. The number of carboxylic acid groups (broad SMARTS) is 1. The van der Waals surface area contributed by atoms with Crippen molar-refractivity contribution < 1.29 is 24.9 Å². The van der Waals surface area contributed by atoms with Gasteiger partial charge in [-0.15, -0.1) is 0 Å². The lowest BCUT2D eigenvalue weighted by molar-refractivity contribution is -0.157. The molecule has 19 heavy (non-hydrogen) atoms. The Labute approximate surface area is 110 Å². The van der Waals surface area contributed by atoms with Crippen LogP contribution < -0.4 is 0 Å². The summed E-state index contributed by atoms with van der Waals surface area (Å²) < 4.78 is 5.07. The summed E-state index contributed by atoms with van der Waals surface area (Å²) in [4.78, 5) is 12.3. The predicted octanol–water partition coefficient (Wildman–Crippen LogP) is 0.670. The molecule has 0 aromatic heterocycles. The zero-order valence-electron chi connectivity index (χ0n) is 10.5. The molecule has 1 saturated heterocycles. The van der Waals surface area contributed by atoms with Crippen molar-refractivity contribution in [1.29, 1.82) is 0 Å². The molecule has 1 fully saturated rings. The zero-order valence-corrected chi connectivity index (χ0v) is 10.5. The Morgan fingerprint density at radius 3 is 2.63 bits per heavy atom. The first-order chi connectivity index (χ1) is 9.03. The number of piperidine rings is 1. The number of hydrogen-bond acceptors (Lipinski definition) is 4. The Hall–Kier alpha value is -1.37. The van der Waals surface area contributed by atoms with E-state index < -0.39 is 18.7 Å². The number of carbonyl (C=O) groups is 1. The second-order valence-electron chi connectivity index (χ2n) is 5.37. The highest BCUT2D eigenvalue weighted by molar-refractivity contribution is 5.65. The Morgan fingerprint density at radius 1 is 1.32 bits per heavy atom. The van der Waals surface area contributed by atoms with Crippen molar-refractivity contribution >= 4 is 6.09 Å². The maximum atomic E-state index is 11.0. The molecule has 1 aliphatic carbocycles. The molecule has 0 aromatic rings. The van der Waals surface area contributed by atoms with E-state index >= 15 is 0 Å². The molecule has 3 aliphatic rings. The minimum Gasteiger partial charge on any atom is -0.465 e. The van der Waals surface area contributed by atoms with Crippen LogP contribution in [-0.2, 0) is 4.74 Å². The first-order valence-electron chi connectivity index (χ1n) is 6.44. The summed E-state index contributed by atoms with van der Waals surface area (Å²) in [5.41, 5.74) is 1.11. The monoisotopic (exact) mass is 267 g/mol. The lowest BCUT2D eigenvalue weighted by Gasteiger charge is -2.43. The van der Waals surface area contributed by atoms with Gasteiger partial charge in [-0.2, -0.15) is 0 Å². The third kappa shape index (κ3) is 1.87. The number of amides is 1. The molecule has 1 amide bonds. The molecule has 2 atom stereocenters. The molecular weight excluding hydrogens is 250 g/mol. The number of hydrogen-bond donors (Lipinski definition) is 3. The Kier molecular flexibility index (Phi) is 2.88. The third-order valence-corrected chi connectivity index (χ3v) is 4.45. The molecule has 104 valence electrons. The SMILES string of the molecule is O=C(O)N1CCC2(CC=CC3=C2C(O)OC3O)CC1. The van der Waals surface area contributed by atoms with Crippen LogP contribution in [0.2, 0.25) is 0 Å². The van der Waals surface area contributed by atoms with Crippen LogP contribution in [0.3, 0.4) is 0 Å². The summed E-state index contributed by atoms with van der Waals surface area (Å²) in [6.45, 7) is 0.894. The van der Waals surface area contributed by atoms with E-state index in [4.69, 9.17) is 9.84 Å². The lowest BCUT2D eigenvalue weighted by atomic mass is 9.66. The fourth-order valence-corrected chi connectivity index (χ4v) is 3.40. The molecule has 0 aromatic carbocycles. The molecule has 3 rings (SSSR count). The van der Waals surface area contributed by atoms with Crippen LogP contribution in [0, 0.1) is 5.41 Å². The number of fused-ring (bicyclic) bond motifs is 1. The molecule has 2 aliphatic heterocycles. The van der Waals surface area contributed by atoms with Crippen LogP contribution >= 0.6 is 0 Å². The van der Waals surface area contributed by atoms with Gasteiger partial charge in [0.1, 0.15) is 0 Å². The Balaban J connectivity index is 1.88. The number of nitrogens with zero attached hydrogens (tertiary/aromatic N) is 1. The minimum absolute atomic E-state index is 0.271. The molecule has 6 nitrogen and oxygen atoms in total. The standard InChI is InChI=1S/C13H17NO5/c15-10-8-2-1-3-13(9(8)11(16)19-10)4-6-14(7-5-13)12(17)18/h1-2,10-11,15-16H,3-7H2,(H,17,18). The van der Waals surface area contributed by atoms with E-state index in [1.54, 1.807) is 6.08 Å². The summed E-state index contributed by atoms with van der Waals surface area (Å²) in [6.07, 6.45) is 2.77. The van der Waals surface area contributed by atoms with Crippen LogP contribution in [0.1, 0.15) is 19.3 Å². The number of allylic oxidation sites excluding steroid dienone is 1. The van der Waals surface area contributed by atoms with Gasteiger partial charge >= 0.3 is 6.09 Å². The lowest BCUT2D eigenvalue weighted by Crippen LogP contribution is -2.45. The molecule has 2 unspecified atom stereocenters. The van der Waals surface area contributed by atoms with Gasteiger partial charge < -0.3 is 25.0 Å². The summed E-state index contributed by atoms with van der Waals surface area (Å²) in [6, 6.07) is 0. The van der Waals surface area contributed by atoms with Crippen molar-refractivity contribution in [3.05, 3.63) is 23.3 Å². The van der Waals surface area contributed by atoms with Gasteiger partial charge in [0.25, 0.3) is 0 Å². The minimum atomic E-state index is -1.08. The van der Waals surface area contributed by atoms with E-state index in [-0.39, 0.29) is 5.41 Å². The van der Waals surface area contributed by atoms with Crippen molar-refractivity contribution in [3.8, 4) is 0 Å². The summed E-state index contributed by atoms with van der Waals surface area (Å²) in [5.74, 6) is 0. The second kappa shape index (κ2) is 4.33.